The number of nitrogens with one attached hydrogen (secondary N) is 1. The van der Waals surface area contributed by atoms with Crippen molar-refractivity contribution < 1.29 is 14.3 Å². The Balaban J connectivity index is 1.52. The lowest BCUT2D eigenvalue weighted by molar-refractivity contribution is -0.129. The number of nitrogens with zero attached hydrogens (tertiary/aromatic N) is 3. The SMILES string of the molecule is COc1ccccc1CN1CC(C(=O)NCCc2nccn2C)CC1=O. The quantitative estimate of drug-likeness (QED) is 0.807. The molecule has 2 heterocycles. The summed E-state index contributed by atoms with van der Waals surface area (Å²) in [6.45, 7) is 1.41. The summed E-state index contributed by atoms with van der Waals surface area (Å²) in [6, 6.07) is 7.62. The largest absolute Gasteiger partial charge is 0.496 e. The number of likely N-dealkylation sites (tertiary alicyclic amines) is 1. The number of ether oxygens (including phenoxy) is 1. The number of rotatable bonds is 7. The summed E-state index contributed by atoms with van der Waals surface area (Å²) < 4.78 is 7.27. The van der Waals surface area contributed by atoms with Crippen molar-refractivity contribution in [3.8, 4) is 5.75 Å². The van der Waals surface area contributed by atoms with Crippen molar-refractivity contribution in [2.24, 2.45) is 13.0 Å². The first-order chi connectivity index (χ1) is 12.6. The van der Waals surface area contributed by atoms with Gasteiger partial charge in [-0.25, -0.2) is 4.98 Å². The van der Waals surface area contributed by atoms with Crippen LogP contribution in [0.3, 0.4) is 0 Å². The maximum atomic E-state index is 12.4. The lowest BCUT2D eigenvalue weighted by Gasteiger charge is -2.18. The molecule has 3 rings (SSSR count). The molecule has 1 saturated heterocycles. The first-order valence-electron chi connectivity index (χ1n) is 8.72. The third-order valence-corrected chi connectivity index (χ3v) is 4.71. The molecule has 1 atom stereocenters. The highest BCUT2D eigenvalue weighted by atomic mass is 16.5. The van der Waals surface area contributed by atoms with Gasteiger partial charge in [-0.2, -0.15) is 0 Å². The van der Waals surface area contributed by atoms with Crippen LogP contribution in [0.1, 0.15) is 17.8 Å². The maximum Gasteiger partial charge on any atom is 0.225 e. The fourth-order valence-electron chi connectivity index (χ4n) is 3.22. The summed E-state index contributed by atoms with van der Waals surface area (Å²) in [7, 11) is 3.54. The van der Waals surface area contributed by atoms with Gasteiger partial charge in [-0.3, -0.25) is 9.59 Å². The van der Waals surface area contributed by atoms with E-state index >= 15 is 0 Å². The number of carbonyl (C=O) groups excluding carboxylic acids is 2. The van der Waals surface area contributed by atoms with E-state index in [4.69, 9.17) is 4.74 Å². The van der Waals surface area contributed by atoms with Crippen molar-refractivity contribution in [2.75, 3.05) is 20.2 Å². The van der Waals surface area contributed by atoms with Gasteiger partial charge in [0.15, 0.2) is 0 Å². The van der Waals surface area contributed by atoms with Crippen LogP contribution in [0.5, 0.6) is 5.75 Å². The molecule has 0 aliphatic carbocycles. The van der Waals surface area contributed by atoms with Crippen LogP contribution < -0.4 is 10.1 Å². The highest BCUT2D eigenvalue weighted by molar-refractivity contribution is 5.89. The number of aryl methyl sites for hydroxylation is 1. The van der Waals surface area contributed by atoms with Gasteiger partial charge < -0.3 is 19.5 Å². The third kappa shape index (κ3) is 4.04. The Kier molecular flexibility index (Phi) is 5.55. The molecular weight excluding hydrogens is 332 g/mol. The molecule has 1 aliphatic heterocycles. The maximum absolute atomic E-state index is 12.4. The second-order valence-electron chi connectivity index (χ2n) is 6.48. The zero-order chi connectivity index (χ0) is 18.5. The topological polar surface area (TPSA) is 76.5 Å². The Morgan fingerprint density at radius 1 is 1.38 bits per heavy atom. The molecular formula is C19H24N4O3. The molecule has 1 N–H and O–H groups in total. The number of amides is 2. The Morgan fingerprint density at radius 3 is 2.92 bits per heavy atom. The van der Waals surface area contributed by atoms with Gasteiger partial charge >= 0.3 is 0 Å². The van der Waals surface area contributed by atoms with Crippen molar-refractivity contribution >= 4 is 11.8 Å². The third-order valence-electron chi connectivity index (χ3n) is 4.71. The summed E-state index contributed by atoms with van der Waals surface area (Å²) in [5, 5.41) is 2.92. The number of hydrogen-bond donors (Lipinski definition) is 1. The molecule has 0 radical (unpaired) electrons. The molecule has 26 heavy (non-hydrogen) atoms. The first kappa shape index (κ1) is 18.0. The molecule has 1 aromatic carbocycles. The summed E-state index contributed by atoms with van der Waals surface area (Å²) in [5.41, 5.74) is 0.944. The number of imidazole rings is 1. The molecule has 2 amide bonds. The Hall–Kier alpha value is -2.83. The Labute approximate surface area is 153 Å². The normalized spacial score (nSPS) is 16.8. The molecule has 1 aliphatic rings. The van der Waals surface area contributed by atoms with Crippen LogP contribution in [0.2, 0.25) is 0 Å². The second kappa shape index (κ2) is 8.03. The minimum absolute atomic E-state index is 0.000146. The molecule has 7 heteroatoms. The van der Waals surface area contributed by atoms with Crippen molar-refractivity contribution in [1.82, 2.24) is 19.8 Å². The number of benzene rings is 1. The monoisotopic (exact) mass is 356 g/mol. The molecule has 1 aromatic heterocycles. The van der Waals surface area contributed by atoms with E-state index in [2.05, 4.69) is 10.3 Å². The van der Waals surface area contributed by atoms with Gasteiger partial charge in [-0.1, -0.05) is 18.2 Å². The summed E-state index contributed by atoms with van der Waals surface area (Å²) in [5.74, 6) is 1.29. The van der Waals surface area contributed by atoms with E-state index in [-0.39, 0.29) is 24.2 Å². The molecule has 1 fully saturated rings. The molecule has 2 aromatic rings. The van der Waals surface area contributed by atoms with Crippen LogP contribution in [0.25, 0.3) is 0 Å². The van der Waals surface area contributed by atoms with Crippen molar-refractivity contribution in [3.05, 3.63) is 48.0 Å². The van der Waals surface area contributed by atoms with Crippen LogP contribution >= 0.6 is 0 Å². The lowest BCUT2D eigenvalue weighted by atomic mass is 10.1. The minimum atomic E-state index is -0.307. The molecule has 138 valence electrons. The summed E-state index contributed by atoms with van der Waals surface area (Å²) in [6.07, 6.45) is 4.54. The zero-order valence-corrected chi connectivity index (χ0v) is 15.1. The van der Waals surface area contributed by atoms with E-state index in [1.807, 2.05) is 42.1 Å². The standard InChI is InChI=1S/C19H24N4O3/c1-22-10-9-20-17(22)7-8-21-19(25)15-11-18(24)23(13-15)12-14-5-3-4-6-16(14)26-2/h3-6,9-10,15H,7-8,11-13H2,1-2H3,(H,21,25). The van der Waals surface area contributed by atoms with Gasteiger partial charge in [0.25, 0.3) is 0 Å². The smallest absolute Gasteiger partial charge is 0.225 e. The lowest BCUT2D eigenvalue weighted by Crippen LogP contribution is -2.34. The van der Waals surface area contributed by atoms with Crippen LogP contribution in [-0.4, -0.2) is 46.5 Å². The number of carbonyl (C=O) groups is 2. The number of methoxy groups -OCH3 is 1. The van der Waals surface area contributed by atoms with Gasteiger partial charge in [0.05, 0.1) is 13.0 Å². The van der Waals surface area contributed by atoms with Crippen molar-refractivity contribution in [3.63, 3.8) is 0 Å². The second-order valence-corrected chi connectivity index (χ2v) is 6.48. The van der Waals surface area contributed by atoms with Crippen molar-refractivity contribution in [2.45, 2.75) is 19.4 Å². The van der Waals surface area contributed by atoms with Gasteiger partial charge in [0, 0.05) is 57.5 Å². The average Bonchev–Trinajstić information content (AvgIpc) is 3.21. The van der Waals surface area contributed by atoms with E-state index in [1.165, 1.54) is 0 Å². The Morgan fingerprint density at radius 2 is 2.19 bits per heavy atom. The van der Waals surface area contributed by atoms with Crippen molar-refractivity contribution in [1.29, 1.82) is 0 Å². The predicted molar refractivity (Wildman–Crippen MR) is 96.4 cm³/mol. The molecule has 0 saturated carbocycles. The Bertz CT molecular complexity index is 787. The highest BCUT2D eigenvalue weighted by Crippen LogP contribution is 2.24. The summed E-state index contributed by atoms with van der Waals surface area (Å²) >= 11 is 0. The van der Waals surface area contributed by atoms with Crippen LogP contribution in [-0.2, 0) is 29.6 Å². The van der Waals surface area contributed by atoms with E-state index in [1.54, 1.807) is 18.2 Å². The highest BCUT2D eigenvalue weighted by Gasteiger charge is 2.34. The van der Waals surface area contributed by atoms with E-state index in [9.17, 15) is 9.59 Å². The molecule has 7 nitrogen and oxygen atoms in total. The fourth-order valence-corrected chi connectivity index (χ4v) is 3.22. The number of aromatic nitrogens is 2. The zero-order valence-electron chi connectivity index (χ0n) is 15.1. The molecule has 0 bridgehead atoms. The van der Waals surface area contributed by atoms with Crippen LogP contribution in [0.15, 0.2) is 36.7 Å². The average molecular weight is 356 g/mol. The van der Waals surface area contributed by atoms with E-state index in [0.29, 0.717) is 26.1 Å². The van der Waals surface area contributed by atoms with E-state index < -0.39 is 0 Å². The van der Waals surface area contributed by atoms with Gasteiger partial charge in [0.1, 0.15) is 11.6 Å². The number of para-hydroxylation sites is 1. The van der Waals surface area contributed by atoms with E-state index in [0.717, 1.165) is 17.1 Å². The van der Waals surface area contributed by atoms with Crippen LogP contribution in [0, 0.1) is 5.92 Å². The fraction of sp³-hybridized carbons (Fsp3) is 0.421. The van der Waals surface area contributed by atoms with Gasteiger partial charge in [-0.15, -0.1) is 0 Å². The first-order valence-corrected chi connectivity index (χ1v) is 8.72. The summed E-state index contributed by atoms with van der Waals surface area (Å²) in [4.78, 5) is 30.6. The minimum Gasteiger partial charge on any atom is -0.496 e. The van der Waals surface area contributed by atoms with Gasteiger partial charge in [0.2, 0.25) is 11.8 Å². The molecule has 1 unspecified atom stereocenters. The predicted octanol–water partition coefficient (Wildman–Crippen LogP) is 1.14. The van der Waals surface area contributed by atoms with Crippen LogP contribution in [0.4, 0.5) is 0 Å². The molecule has 0 spiro atoms. The van der Waals surface area contributed by atoms with Gasteiger partial charge in [-0.05, 0) is 6.07 Å². The number of hydrogen-bond acceptors (Lipinski definition) is 4.